The predicted molar refractivity (Wildman–Crippen MR) is 120 cm³/mol. The molecule has 0 bridgehead atoms. The summed E-state index contributed by atoms with van der Waals surface area (Å²) in [6.45, 7) is 2.01. The lowest BCUT2D eigenvalue weighted by atomic mass is 9.97. The van der Waals surface area contributed by atoms with Gasteiger partial charge in [-0.1, -0.05) is 29.5 Å². The van der Waals surface area contributed by atoms with E-state index in [0.29, 0.717) is 17.3 Å². The monoisotopic (exact) mass is 449 g/mol. The molecule has 6 nitrogen and oxygen atoms in total. The van der Waals surface area contributed by atoms with Crippen molar-refractivity contribution in [2.45, 2.75) is 44.2 Å². The first-order valence-electron chi connectivity index (χ1n) is 9.61. The maximum absolute atomic E-state index is 13.6. The number of hydrogen-bond acceptors (Lipinski definition) is 6. The van der Waals surface area contributed by atoms with Crippen LogP contribution in [0.5, 0.6) is 0 Å². The predicted octanol–water partition coefficient (Wildman–Crippen LogP) is 3.41. The van der Waals surface area contributed by atoms with Crippen molar-refractivity contribution >= 4 is 43.3 Å². The molecule has 0 saturated carbocycles. The molecule has 0 amide bonds. The number of primary sulfonamides is 1. The van der Waals surface area contributed by atoms with Crippen molar-refractivity contribution in [3.05, 3.63) is 50.6 Å². The van der Waals surface area contributed by atoms with Gasteiger partial charge in [-0.2, -0.15) is 0 Å². The summed E-state index contributed by atoms with van der Waals surface area (Å²) in [5, 5.41) is 6.44. The Bertz CT molecular complexity index is 1210. The van der Waals surface area contributed by atoms with Gasteiger partial charge in [0, 0.05) is 10.6 Å². The van der Waals surface area contributed by atoms with Crippen LogP contribution in [0.25, 0.3) is 15.9 Å². The summed E-state index contributed by atoms with van der Waals surface area (Å²) >= 11 is 3.02. The highest BCUT2D eigenvalue weighted by Gasteiger charge is 2.22. The first-order chi connectivity index (χ1) is 13.8. The van der Waals surface area contributed by atoms with E-state index in [1.165, 1.54) is 22.2 Å². The SMILES string of the molecule is Cc1ccc(-n2c(SCCCS(N)(=O)=O)nc3sc4c(c3c2=O)CCCC4)cc1. The summed E-state index contributed by atoms with van der Waals surface area (Å²) in [6.07, 6.45) is 4.61. The molecule has 0 saturated heterocycles. The fourth-order valence-corrected chi connectivity index (χ4v) is 6.61. The number of sulfonamides is 1. The van der Waals surface area contributed by atoms with Crippen molar-refractivity contribution < 1.29 is 8.42 Å². The highest BCUT2D eigenvalue weighted by atomic mass is 32.2. The molecule has 1 aliphatic rings. The van der Waals surface area contributed by atoms with Gasteiger partial charge in [0.1, 0.15) is 4.83 Å². The molecule has 0 radical (unpaired) electrons. The number of thioether (sulfide) groups is 1. The Kier molecular flexibility index (Phi) is 5.83. The lowest BCUT2D eigenvalue weighted by Crippen LogP contribution is -2.22. The molecule has 9 heteroatoms. The Labute approximate surface area is 178 Å². The minimum Gasteiger partial charge on any atom is -0.268 e. The number of fused-ring (bicyclic) bond motifs is 3. The largest absolute Gasteiger partial charge is 0.268 e. The fraction of sp³-hybridized carbons (Fsp3) is 0.400. The molecule has 2 aromatic heterocycles. The summed E-state index contributed by atoms with van der Waals surface area (Å²) in [7, 11) is -3.49. The minimum atomic E-state index is -3.49. The maximum Gasteiger partial charge on any atom is 0.267 e. The maximum atomic E-state index is 13.6. The van der Waals surface area contributed by atoms with E-state index >= 15 is 0 Å². The van der Waals surface area contributed by atoms with Crippen molar-refractivity contribution in [2.24, 2.45) is 5.14 Å². The standard InChI is InChI=1S/C20H23N3O3S3/c1-13-7-9-14(10-8-13)23-19(24)17-15-5-2-3-6-16(15)28-18(17)22-20(23)27-11-4-12-29(21,25)26/h7-10H,2-6,11-12H2,1H3,(H2,21,25,26). The third kappa shape index (κ3) is 4.42. The normalized spacial score (nSPS) is 14.3. The average molecular weight is 450 g/mol. The van der Waals surface area contributed by atoms with Gasteiger partial charge in [0.05, 0.1) is 16.8 Å². The third-order valence-corrected chi connectivity index (χ3v) is 8.12. The number of nitrogens with zero attached hydrogens (tertiary/aromatic N) is 2. The number of rotatable bonds is 6. The van der Waals surface area contributed by atoms with Crippen LogP contribution >= 0.6 is 23.1 Å². The van der Waals surface area contributed by atoms with Gasteiger partial charge >= 0.3 is 0 Å². The smallest absolute Gasteiger partial charge is 0.267 e. The van der Waals surface area contributed by atoms with E-state index in [9.17, 15) is 13.2 Å². The zero-order valence-corrected chi connectivity index (χ0v) is 18.6. The average Bonchev–Trinajstić information content (AvgIpc) is 3.04. The number of aryl methyl sites for hydroxylation is 3. The molecule has 0 spiro atoms. The Morgan fingerprint density at radius 3 is 2.66 bits per heavy atom. The van der Waals surface area contributed by atoms with Crippen LogP contribution in [0.1, 0.15) is 35.3 Å². The van der Waals surface area contributed by atoms with Gasteiger partial charge in [-0.15, -0.1) is 11.3 Å². The van der Waals surface area contributed by atoms with Crippen LogP contribution in [0, 0.1) is 6.92 Å². The highest BCUT2D eigenvalue weighted by Crippen LogP contribution is 2.35. The summed E-state index contributed by atoms with van der Waals surface area (Å²) in [5.74, 6) is 0.440. The van der Waals surface area contributed by atoms with Crippen molar-refractivity contribution in [3.8, 4) is 5.69 Å². The van der Waals surface area contributed by atoms with E-state index < -0.39 is 10.0 Å². The number of thiophene rings is 1. The first-order valence-corrected chi connectivity index (χ1v) is 13.1. The summed E-state index contributed by atoms with van der Waals surface area (Å²) < 4.78 is 24.1. The molecule has 2 N–H and O–H groups in total. The molecule has 1 aliphatic carbocycles. The second-order valence-corrected chi connectivity index (χ2v) is 11.2. The number of hydrogen-bond donors (Lipinski definition) is 1. The minimum absolute atomic E-state index is 0.0350. The lowest BCUT2D eigenvalue weighted by Gasteiger charge is -2.14. The highest BCUT2D eigenvalue weighted by molar-refractivity contribution is 7.99. The molecule has 0 fully saturated rings. The van der Waals surface area contributed by atoms with E-state index in [0.717, 1.165) is 47.2 Å². The van der Waals surface area contributed by atoms with Crippen molar-refractivity contribution in [2.75, 3.05) is 11.5 Å². The van der Waals surface area contributed by atoms with Gasteiger partial charge in [-0.3, -0.25) is 9.36 Å². The zero-order valence-electron chi connectivity index (χ0n) is 16.2. The van der Waals surface area contributed by atoms with Crippen LogP contribution in [0.3, 0.4) is 0 Å². The van der Waals surface area contributed by atoms with E-state index in [1.807, 2.05) is 31.2 Å². The molecule has 2 heterocycles. The molecule has 0 atom stereocenters. The quantitative estimate of drug-likeness (QED) is 0.353. The second kappa shape index (κ2) is 8.22. The number of benzene rings is 1. The van der Waals surface area contributed by atoms with Gasteiger partial charge < -0.3 is 0 Å². The molecule has 0 aliphatic heterocycles. The van der Waals surface area contributed by atoms with Crippen LogP contribution in [0.4, 0.5) is 0 Å². The Hall–Kier alpha value is -1.68. The van der Waals surface area contributed by atoms with E-state index in [2.05, 4.69) is 0 Å². The Morgan fingerprint density at radius 2 is 1.93 bits per heavy atom. The summed E-state index contributed by atoms with van der Waals surface area (Å²) in [6, 6.07) is 7.81. The number of aromatic nitrogens is 2. The van der Waals surface area contributed by atoms with Crippen LogP contribution in [0.2, 0.25) is 0 Å². The summed E-state index contributed by atoms with van der Waals surface area (Å²) in [4.78, 5) is 20.5. The van der Waals surface area contributed by atoms with Gasteiger partial charge in [0.2, 0.25) is 10.0 Å². The van der Waals surface area contributed by atoms with Crippen molar-refractivity contribution in [1.29, 1.82) is 0 Å². The van der Waals surface area contributed by atoms with Crippen LogP contribution in [-0.4, -0.2) is 29.5 Å². The topological polar surface area (TPSA) is 95.1 Å². The Morgan fingerprint density at radius 1 is 1.21 bits per heavy atom. The van der Waals surface area contributed by atoms with E-state index in [1.54, 1.807) is 15.9 Å². The fourth-order valence-electron chi connectivity index (χ4n) is 3.63. The zero-order chi connectivity index (χ0) is 20.6. The third-order valence-electron chi connectivity index (χ3n) is 5.05. The van der Waals surface area contributed by atoms with Crippen LogP contribution in [0.15, 0.2) is 34.2 Å². The van der Waals surface area contributed by atoms with Crippen LogP contribution in [-0.2, 0) is 22.9 Å². The van der Waals surface area contributed by atoms with E-state index in [4.69, 9.17) is 10.1 Å². The van der Waals surface area contributed by atoms with Gasteiger partial charge in [0.25, 0.3) is 5.56 Å². The molecule has 29 heavy (non-hydrogen) atoms. The summed E-state index contributed by atoms with van der Waals surface area (Å²) in [5.41, 5.74) is 3.03. The second-order valence-electron chi connectivity index (χ2n) is 7.33. The molecule has 3 aromatic rings. The first kappa shape index (κ1) is 20.6. The molecule has 4 rings (SSSR count). The molecular weight excluding hydrogens is 426 g/mol. The van der Waals surface area contributed by atoms with E-state index in [-0.39, 0.29) is 11.3 Å². The molecule has 0 unspecified atom stereocenters. The number of nitrogens with two attached hydrogens (primary N) is 1. The van der Waals surface area contributed by atoms with Crippen LogP contribution < -0.4 is 10.7 Å². The Balaban J connectivity index is 1.80. The van der Waals surface area contributed by atoms with Crippen molar-refractivity contribution in [3.63, 3.8) is 0 Å². The lowest BCUT2D eigenvalue weighted by molar-refractivity contribution is 0.596. The van der Waals surface area contributed by atoms with Crippen molar-refractivity contribution in [1.82, 2.24) is 9.55 Å². The molecule has 1 aromatic carbocycles. The van der Waals surface area contributed by atoms with Gasteiger partial charge in [-0.05, 0) is 56.7 Å². The molecular formula is C20H23N3O3S3. The molecule has 154 valence electrons. The van der Waals surface area contributed by atoms with Gasteiger partial charge in [0.15, 0.2) is 5.16 Å². The van der Waals surface area contributed by atoms with Gasteiger partial charge in [-0.25, -0.2) is 18.5 Å².